The van der Waals surface area contributed by atoms with Gasteiger partial charge in [0.1, 0.15) is 5.78 Å². The second-order valence-corrected chi connectivity index (χ2v) is 6.80. The van der Waals surface area contributed by atoms with Crippen LogP contribution in [0.3, 0.4) is 0 Å². The van der Waals surface area contributed by atoms with Gasteiger partial charge >= 0.3 is 0 Å². The third kappa shape index (κ3) is 3.66. The van der Waals surface area contributed by atoms with Crippen molar-refractivity contribution < 1.29 is 4.79 Å². The summed E-state index contributed by atoms with van der Waals surface area (Å²) in [7, 11) is 0. The summed E-state index contributed by atoms with van der Waals surface area (Å²) < 4.78 is 0. The Morgan fingerprint density at radius 3 is 2.37 bits per heavy atom. The van der Waals surface area contributed by atoms with Crippen molar-refractivity contribution in [1.82, 2.24) is 4.90 Å². The summed E-state index contributed by atoms with van der Waals surface area (Å²) in [5, 5.41) is 0. The molecule has 1 unspecified atom stereocenters. The summed E-state index contributed by atoms with van der Waals surface area (Å²) in [5.41, 5.74) is 2.93. The molecule has 0 radical (unpaired) electrons. The molecular formula is C17H25NO. The number of likely N-dealkylation sites (tertiary alicyclic amines) is 1. The summed E-state index contributed by atoms with van der Waals surface area (Å²) in [5.74, 6) is 0.613. The highest BCUT2D eigenvalue weighted by molar-refractivity contribution is 5.81. The van der Waals surface area contributed by atoms with Crippen LogP contribution in [0.1, 0.15) is 45.2 Å². The van der Waals surface area contributed by atoms with E-state index < -0.39 is 0 Å². The van der Waals surface area contributed by atoms with Gasteiger partial charge in [-0.15, -0.1) is 0 Å². The Bertz CT molecular complexity index is 441. The molecule has 19 heavy (non-hydrogen) atoms. The standard InChI is InChI=1S/C17H25NO/c1-13-11-18(10-9-16(13)19)12-14-5-7-15(8-6-14)17(2,3)4/h5-8,13H,9-12H2,1-4H3. The first-order chi connectivity index (χ1) is 8.86. The Balaban J connectivity index is 1.98. The maximum atomic E-state index is 11.5. The van der Waals surface area contributed by atoms with E-state index in [0.717, 1.165) is 19.6 Å². The number of carbonyl (C=O) groups is 1. The molecule has 2 nitrogen and oxygen atoms in total. The third-order valence-electron chi connectivity index (χ3n) is 3.98. The zero-order valence-corrected chi connectivity index (χ0v) is 12.6. The fourth-order valence-corrected chi connectivity index (χ4v) is 2.61. The average Bonchev–Trinajstić information content (AvgIpc) is 2.33. The summed E-state index contributed by atoms with van der Waals surface area (Å²) in [6.07, 6.45) is 0.710. The van der Waals surface area contributed by atoms with Gasteiger partial charge in [-0.2, -0.15) is 0 Å². The maximum Gasteiger partial charge on any atom is 0.138 e. The number of benzene rings is 1. The Labute approximate surface area is 116 Å². The highest BCUT2D eigenvalue weighted by Crippen LogP contribution is 2.23. The molecule has 0 aliphatic carbocycles. The Kier molecular flexibility index (Phi) is 4.10. The van der Waals surface area contributed by atoms with Gasteiger partial charge < -0.3 is 0 Å². The maximum absolute atomic E-state index is 11.5. The summed E-state index contributed by atoms with van der Waals surface area (Å²) >= 11 is 0. The number of hydrogen-bond donors (Lipinski definition) is 0. The largest absolute Gasteiger partial charge is 0.299 e. The van der Waals surface area contributed by atoms with Gasteiger partial charge in [0.05, 0.1) is 0 Å². The lowest BCUT2D eigenvalue weighted by atomic mass is 9.86. The minimum absolute atomic E-state index is 0.197. The number of carbonyl (C=O) groups excluding carboxylic acids is 1. The van der Waals surface area contributed by atoms with E-state index in [-0.39, 0.29) is 11.3 Å². The highest BCUT2D eigenvalue weighted by Gasteiger charge is 2.23. The number of hydrogen-bond acceptors (Lipinski definition) is 2. The van der Waals surface area contributed by atoms with Crippen LogP contribution in [-0.4, -0.2) is 23.8 Å². The Morgan fingerprint density at radius 2 is 1.84 bits per heavy atom. The van der Waals surface area contributed by atoms with E-state index in [9.17, 15) is 4.79 Å². The van der Waals surface area contributed by atoms with Crippen molar-refractivity contribution >= 4 is 5.78 Å². The van der Waals surface area contributed by atoms with E-state index in [1.807, 2.05) is 6.92 Å². The van der Waals surface area contributed by atoms with Gasteiger partial charge in [-0.3, -0.25) is 9.69 Å². The van der Waals surface area contributed by atoms with Crippen LogP contribution in [0, 0.1) is 5.92 Å². The van der Waals surface area contributed by atoms with Gasteiger partial charge in [0.2, 0.25) is 0 Å². The molecule has 0 amide bonds. The van der Waals surface area contributed by atoms with Crippen LogP contribution in [0.4, 0.5) is 0 Å². The zero-order valence-electron chi connectivity index (χ0n) is 12.6. The number of piperidine rings is 1. The van der Waals surface area contributed by atoms with Gasteiger partial charge in [-0.1, -0.05) is 52.0 Å². The number of nitrogens with zero attached hydrogens (tertiary/aromatic N) is 1. The fourth-order valence-electron chi connectivity index (χ4n) is 2.61. The highest BCUT2D eigenvalue weighted by atomic mass is 16.1. The number of rotatable bonds is 2. The smallest absolute Gasteiger partial charge is 0.138 e. The molecule has 0 aromatic heterocycles. The van der Waals surface area contributed by atoms with E-state index in [1.54, 1.807) is 0 Å². The quantitative estimate of drug-likeness (QED) is 0.811. The van der Waals surface area contributed by atoms with E-state index in [4.69, 9.17) is 0 Å². The molecule has 2 heteroatoms. The van der Waals surface area contributed by atoms with Gasteiger partial charge in [0, 0.05) is 32.0 Å². The monoisotopic (exact) mass is 259 g/mol. The van der Waals surface area contributed by atoms with E-state index in [1.165, 1.54) is 11.1 Å². The molecule has 1 saturated heterocycles. The molecule has 1 fully saturated rings. The van der Waals surface area contributed by atoms with Crippen LogP contribution in [0.2, 0.25) is 0 Å². The van der Waals surface area contributed by atoms with Crippen molar-refractivity contribution in [2.75, 3.05) is 13.1 Å². The van der Waals surface area contributed by atoms with Crippen molar-refractivity contribution in [2.24, 2.45) is 5.92 Å². The molecule has 0 N–H and O–H groups in total. The predicted molar refractivity (Wildman–Crippen MR) is 79.2 cm³/mol. The Hall–Kier alpha value is -1.15. The molecule has 1 aliphatic heterocycles. The predicted octanol–water partition coefficient (Wildman–Crippen LogP) is 3.40. The lowest BCUT2D eigenvalue weighted by molar-refractivity contribution is -0.125. The van der Waals surface area contributed by atoms with Crippen molar-refractivity contribution in [3.8, 4) is 0 Å². The molecule has 0 bridgehead atoms. The first-order valence-corrected chi connectivity index (χ1v) is 7.21. The molecule has 0 spiro atoms. The average molecular weight is 259 g/mol. The van der Waals surface area contributed by atoms with E-state index in [2.05, 4.69) is 49.9 Å². The minimum Gasteiger partial charge on any atom is -0.299 e. The topological polar surface area (TPSA) is 20.3 Å². The Morgan fingerprint density at radius 1 is 1.21 bits per heavy atom. The zero-order chi connectivity index (χ0) is 14.0. The molecule has 1 aromatic rings. The molecular weight excluding hydrogens is 234 g/mol. The van der Waals surface area contributed by atoms with Crippen molar-refractivity contribution in [2.45, 2.75) is 46.1 Å². The van der Waals surface area contributed by atoms with Gasteiger partial charge in [0.25, 0.3) is 0 Å². The second kappa shape index (κ2) is 5.46. The third-order valence-corrected chi connectivity index (χ3v) is 3.98. The fraction of sp³-hybridized carbons (Fsp3) is 0.588. The number of ketones is 1. The van der Waals surface area contributed by atoms with Crippen molar-refractivity contribution in [1.29, 1.82) is 0 Å². The van der Waals surface area contributed by atoms with Crippen LogP contribution in [0.5, 0.6) is 0 Å². The molecule has 0 saturated carbocycles. The van der Waals surface area contributed by atoms with Crippen LogP contribution >= 0.6 is 0 Å². The summed E-state index contributed by atoms with van der Waals surface area (Å²) in [6, 6.07) is 8.91. The van der Waals surface area contributed by atoms with E-state index in [0.29, 0.717) is 12.2 Å². The first kappa shape index (κ1) is 14.3. The molecule has 2 rings (SSSR count). The van der Waals surface area contributed by atoms with Gasteiger partial charge in [0.15, 0.2) is 0 Å². The van der Waals surface area contributed by atoms with Crippen molar-refractivity contribution in [3.63, 3.8) is 0 Å². The van der Waals surface area contributed by atoms with Crippen LogP contribution < -0.4 is 0 Å². The van der Waals surface area contributed by atoms with Crippen LogP contribution in [-0.2, 0) is 16.8 Å². The molecule has 1 heterocycles. The lowest BCUT2D eigenvalue weighted by Gasteiger charge is -2.30. The lowest BCUT2D eigenvalue weighted by Crippen LogP contribution is -2.39. The van der Waals surface area contributed by atoms with Gasteiger partial charge in [-0.25, -0.2) is 0 Å². The number of Topliss-reactive ketones (excluding diaryl/α,β-unsaturated/α-hetero) is 1. The summed E-state index contributed by atoms with van der Waals surface area (Å²) in [6.45, 7) is 11.5. The van der Waals surface area contributed by atoms with Crippen LogP contribution in [0.25, 0.3) is 0 Å². The molecule has 1 aromatic carbocycles. The van der Waals surface area contributed by atoms with Crippen LogP contribution in [0.15, 0.2) is 24.3 Å². The SMILES string of the molecule is CC1CN(Cc2ccc(C(C)(C)C)cc2)CCC1=O. The van der Waals surface area contributed by atoms with E-state index >= 15 is 0 Å². The first-order valence-electron chi connectivity index (χ1n) is 7.21. The molecule has 1 atom stereocenters. The van der Waals surface area contributed by atoms with Gasteiger partial charge in [-0.05, 0) is 16.5 Å². The molecule has 1 aliphatic rings. The minimum atomic E-state index is 0.197. The normalized spacial score (nSPS) is 21.7. The second-order valence-electron chi connectivity index (χ2n) is 6.80. The summed E-state index contributed by atoms with van der Waals surface area (Å²) in [4.78, 5) is 13.9. The molecule has 104 valence electrons. The van der Waals surface area contributed by atoms with Crippen molar-refractivity contribution in [3.05, 3.63) is 35.4 Å².